The average molecular weight is 300 g/mol. The molecule has 0 bridgehead atoms. The summed E-state index contributed by atoms with van der Waals surface area (Å²) in [6.07, 6.45) is 0. The molecule has 5 nitrogen and oxygen atoms in total. The van der Waals surface area contributed by atoms with Crippen LogP contribution >= 0.6 is 12.4 Å². The first-order chi connectivity index (χ1) is 8.69. The lowest BCUT2D eigenvalue weighted by Gasteiger charge is -2.23. The summed E-state index contributed by atoms with van der Waals surface area (Å²) in [6, 6.07) is 6.62. The highest BCUT2D eigenvalue weighted by Gasteiger charge is 2.18. The molecule has 20 heavy (non-hydrogen) atoms. The van der Waals surface area contributed by atoms with Crippen molar-refractivity contribution < 1.29 is 9.59 Å². The number of nitrogen functional groups attached to an aromatic ring is 1. The number of anilines is 1. The van der Waals surface area contributed by atoms with Gasteiger partial charge in [0.1, 0.15) is 0 Å². The molecule has 0 heterocycles. The number of hydrogen-bond donors (Lipinski definition) is 2. The summed E-state index contributed by atoms with van der Waals surface area (Å²) in [5.74, 6) is -0.386. The molecule has 0 atom stereocenters. The molecular formula is C14H22ClN3O2. The Morgan fingerprint density at radius 2 is 1.70 bits per heavy atom. The van der Waals surface area contributed by atoms with Crippen molar-refractivity contribution in [2.24, 2.45) is 0 Å². The molecule has 2 amide bonds. The number of carbonyl (C=O) groups is 2. The second-order valence-corrected chi connectivity index (χ2v) is 5.58. The summed E-state index contributed by atoms with van der Waals surface area (Å²) in [6.45, 7) is 5.71. The zero-order chi connectivity index (χ0) is 14.6. The number of nitrogens with zero attached hydrogens (tertiary/aromatic N) is 1. The lowest BCUT2D eigenvalue weighted by Crippen LogP contribution is -2.46. The summed E-state index contributed by atoms with van der Waals surface area (Å²) >= 11 is 0. The van der Waals surface area contributed by atoms with Gasteiger partial charge in [-0.05, 0) is 45.0 Å². The quantitative estimate of drug-likeness (QED) is 0.834. The zero-order valence-electron chi connectivity index (χ0n) is 12.3. The Kier molecular flexibility index (Phi) is 6.52. The minimum Gasteiger partial charge on any atom is -0.399 e. The van der Waals surface area contributed by atoms with Crippen LogP contribution in [0.4, 0.5) is 5.69 Å². The first-order valence-electron chi connectivity index (χ1n) is 6.11. The van der Waals surface area contributed by atoms with Gasteiger partial charge in [-0.25, -0.2) is 0 Å². The fourth-order valence-electron chi connectivity index (χ4n) is 1.59. The van der Waals surface area contributed by atoms with Crippen LogP contribution in [0, 0.1) is 0 Å². The normalized spacial score (nSPS) is 10.4. The van der Waals surface area contributed by atoms with Crippen LogP contribution < -0.4 is 11.1 Å². The first kappa shape index (κ1) is 18.2. The molecule has 1 rings (SSSR count). The molecule has 0 unspecified atom stereocenters. The van der Waals surface area contributed by atoms with Crippen LogP contribution in [-0.2, 0) is 4.79 Å². The van der Waals surface area contributed by atoms with E-state index >= 15 is 0 Å². The Labute approximate surface area is 125 Å². The fraction of sp³-hybridized carbons (Fsp3) is 0.429. The Bertz CT molecular complexity index is 466. The van der Waals surface area contributed by atoms with Crippen molar-refractivity contribution in [3.05, 3.63) is 29.8 Å². The van der Waals surface area contributed by atoms with E-state index in [0.29, 0.717) is 11.3 Å². The Hall–Kier alpha value is -1.75. The van der Waals surface area contributed by atoms with E-state index in [1.54, 1.807) is 31.3 Å². The highest BCUT2D eigenvalue weighted by Crippen LogP contribution is 2.08. The molecule has 6 heteroatoms. The highest BCUT2D eigenvalue weighted by molar-refractivity contribution is 5.96. The number of likely N-dealkylation sites (N-methyl/N-ethyl adjacent to an activating group) is 1. The third-order valence-corrected chi connectivity index (χ3v) is 2.40. The number of amides is 2. The van der Waals surface area contributed by atoms with Gasteiger partial charge in [-0.1, -0.05) is 0 Å². The number of benzene rings is 1. The Morgan fingerprint density at radius 3 is 2.15 bits per heavy atom. The summed E-state index contributed by atoms with van der Waals surface area (Å²) in [5.41, 5.74) is 6.38. The summed E-state index contributed by atoms with van der Waals surface area (Å²) in [7, 11) is 1.60. The van der Waals surface area contributed by atoms with E-state index in [-0.39, 0.29) is 36.3 Å². The number of hydrogen-bond acceptors (Lipinski definition) is 3. The number of carbonyl (C=O) groups excluding carboxylic acids is 2. The number of rotatable bonds is 3. The fourth-order valence-corrected chi connectivity index (χ4v) is 1.59. The average Bonchev–Trinajstić information content (AvgIpc) is 2.26. The molecule has 0 spiro atoms. The molecule has 0 aromatic heterocycles. The maximum atomic E-state index is 12.1. The molecule has 0 saturated carbocycles. The van der Waals surface area contributed by atoms with E-state index in [4.69, 9.17) is 5.73 Å². The van der Waals surface area contributed by atoms with Crippen molar-refractivity contribution in [2.45, 2.75) is 26.3 Å². The molecule has 0 aliphatic carbocycles. The smallest absolute Gasteiger partial charge is 0.254 e. The molecule has 0 fully saturated rings. The van der Waals surface area contributed by atoms with Gasteiger partial charge in [0.25, 0.3) is 5.91 Å². The lowest BCUT2D eigenvalue weighted by atomic mass is 10.1. The Morgan fingerprint density at radius 1 is 1.20 bits per heavy atom. The Balaban J connectivity index is 0.00000361. The van der Waals surface area contributed by atoms with Crippen LogP contribution in [0.25, 0.3) is 0 Å². The third-order valence-electron chi connectivity index (χ3n) is 2.40. The van der Waals surface area contributed by atoms with Gasteiger partial charge in [0.2, 0.25) is 5.91 Å². The van der Waals surface area contributed by atoms with E-state index in [2.05, 4.69) is 5.32 Å². The van der Waals surface area contributed by atoms with Gasteiger partial charge >= 0.3 is 0 Å². The molecule has 0 aliphatic rings. The van der Waals surface area contributed by atoms with Crippen LogP contribution in [0.15, 0.2) is 24.3 Å². The largest absolute Gasteiger partial charge is 0.399 e. The lowest BCUT2D eigenvalue weighted by molar-refractivity contribution is -0.122. The van der Waals surface area contributed by atoms with E-state index in [9.17, 15) is 9.59 Å². The number of halogens is 1. The maximum Gasteiger partial charge on any atom is 0.254 e. The summed E-state index contributed by atoms with van der Waals surface area (Å²) in [4.78, 5) is 25.2. The van der Waals surface area contributed by atoms with Gasteiger partial charge in [-0.2, -0.15) is 0 Å². The first-order valence-corrected chi connectivity index (χ1v) is 6.11. The van der Waals surface area contributed by atoms with Gasteiger partial charge in [0.15, 0.2) is 0 Å². The minimum absolute atomic E-state index is 0. The van der Waals surface area contributed by atoms with Crippen molar-refractivity contribution in [2.75, 3.05) is 19.3 Å². The van der Waals surface area contributed by atoms with Crippen molar-refractivity contribution in [3.8, 4) is 0 Å². The molecular weight excluding hydrogens is 278 g/mol. The van der Waals surface area contributed by atoms with E-state index in [0.717, 1.165) is 0 Å². The number of nitrogens with one attached hydrogen (secondary N) is 1. The van der Waals surface area contributed by atoms with Gasteiger partial charge in [-0.3, -0.25) is 9.59 Å². The topological polar surface area (TPSA) is 75.4 Å². The second-order valence-electron chi connectivity index (χ2n) is 5.58. The molecule has 0 saturated heterocycles. The van der Waals surface area contributed by atoms with Crippen LogP contribution in [0.5, 0.6) is 0 Å². The van der Waals surface area contributed by atoms with Crippen LogP contribution in [0.2, 0.25) is 0 Å². The van der Waals surface area contributed by atoms with Crippen molar-refractivity contribution in [3.63, 3.8) is 0 Å². The predicted molar refractivity (Wildman–Crippen MR) is 83.0 cm³/mol. The number of nitrogens with two attached hydrogens (primary N) is 1. The van der Waals surface area contributed by atoms with Gasteiger partial charge in [-0.15, -0.1) is 12.4 Å². The third kappa shape index (κ3) is 5.93. The second kappa shape index (κ2) is 7.14. The standard InChI is InChI=1S/C14H21N3O2.ClH/c1-14(2,3)16-12(18)9-17(4)13(19)10-5-7-11(15)8-6-10;/h5-8H,9,15H2,1-4H3,(H,16,18);1H. The molecule has 3 N–H and O–H groups in total. The van der Waals surface area contributed by atoms with Gasteiger partial charge in [0, 0.05) is 23.8 Å². The zero-order valence-corrected chi connectivity index (χ0v) is 13.1. The minimum atomic E-state index is -0.303. The molecule has 1 aromatic rings. The van der Waals surface area contributed by atoms with Gasteiger partial charge in [0.05, 0.1) is 6.54 Å². The summed E-state index contributed by atoms with van der Waals surface area (Å²) < 4.78 is 0. The predicted octanol–water partition coefficient (Wildman–Crippen LogP) is 1.68. The van der Waals surface area contributed by atoms with Crippen molar-refractivity contribution in [1.29, 1.82) is 0 Å². The molecule has 112 valence electrons. The van der Waals surface area contributed by atoms with E-state index < -0.39 is 0 Å². The highest BCUT2D eigenvalue weighted by atomic mass is 35.5. The molecule has 0 aliphatic heterocycles. The molecule has 1 aromatic carbocycles. The van der Waals surface area contributed by atoms with Crippen molar-refractivity contribution in [1.82, 2.24) is 10.2 Å². The maximum absolute atomic E-state index is 12.1. The van der Waals surface area contributed by atoms with E-state index in [1.807, 2.05) is 20.8 Å². The van der Waals surface area contributed by atoms with Crippen molar-refractivity contribution >= 4 is 29.9 Å². The summed E-state index contributed by atoms with van der Waals surface area (Å²) in [5, 5.41) is 2.81. The van der Waals surface area contributed by atoms with Crippen LogP contribution in [0.1, 0.15) is 31.1 Å². The van der Waals surface area contributed by atoms with Crippen LogP contribution in [0.3, 0.4) is 0 Å². The SMILES string of the molecule is CN(CC(=O)NC(C)(C)C)C(=O)c1ccc(N)cc1.Cl. The van der Waals surface area contributed by atoms with E-state index in [1.165, 1.54) is 4.90 Å². The van der Waals surface area contributed by atoms with Gasteiger partial charge < -0.3 is 16.0 Å². The molecule has 0 radical (unpaired) electrons. The van der Waals surface area contributed by atoms with Crippen LogP contribution in [-0.4, -0.2) is 35.8 Å². The monoisotopic (exact) mass is 299 g/mol.